The van der Waals surface area contributed by atoms with Crippen molar-refractivity contribution in [2.24, 2.45) is 0 Å². The van der Waals surface area contributed by atoms with Crippen LogP contribution in [0.1, 0.15) is 0 Å². The van der Waals surface area contributed by atoms with Crippen molar-refractivity contribution in [3.8, 4) is 11.1 Å². The molecule has 86 valence electrons. The highest BCUT2D eigenvalue weighted by Crippen LogP contribution is 2.35. The first kappa shape index (κ1) is 11.1. The van der Waals surface area contributed by atoms with Crippen molar-refractivity contribution in [2.75, 3.05) is 5.73 Å². The van der Waals surface area contributed by atoms with Crippen molar-refractivity contribution in [1.82, 2.24) is 0 Å². The van der Waals surface area contributed by atoms with E-state index in [2.05, 4.69) is 0 Å². The fourth-order valence-corrected chi connectivity index (χ4v) is 1.66. The van der Waals surface area contributed by atoms with Crippen molar-refractivity contribution >= 4 is 11.4 Å². The van der Waals surface area contributed by atoms with Crippen LogP contribution < -0.4 is 5.73 Å². The molecule has 0 aromatic heterocycles. The van der Waals surface area contributed by atoms with Gasteiger partial charge in [-0.25, -0.2) is 4.39 Å². The molecule has 0 saturated carbocycles. The number of para-hydroxylation sites is 1. The van der Waals surface area contributed by atoms with Gasteiger partial charge in [0, 0.05) is 17.3 Å². The summed E-state index contributed by atoms with van der Waals surface area (Å²) in [5.74, 6) is -0.655. The van der Waals surface area contributed by atoms with Crippen LogP contribution in [0.15, 0.2) is 42.5 Å². The van der Waals surface area contributed by atoms with E-state index in [-0.39, 0.29) is 11.3 Å². The van der Waals surface area contributed by atoms with Crippen LogP contribution in [0.25, 0.3) is 11.1 Å². The van der Waals surface area contributed by atoms with E-state index in [4.69, 9.17) is 5.73 Å². The first-order valence-corrected chi connectivity index (χ1v) is 4.89. The topological polar surface area (TPSA) is 69.2 Å². The van der Waals surface area contributed by atoms with Crippen LogP contribution >= 0.6 is 0 Å². The Morgan fingerprint density at radius 1 is 1.12 bits per heavy atom. The molecule has 0 spiro atoms. The van der Waals surface area contributed by atoms with Crippen molar-refractivity contribution in [3.63, 3.8) is 0 Å². The predicted molar refractivity (Wildman–Crippen MR) is 62.9 cm³/mol. The van der Waals surface area contributed by atoms with Crippen molar-refractivity contribution in [2.45, 2.75) is 0 Å². The number of nitrogens with zero attached hydrogens (tertiary/aromatic N) is 1. The second-order valence-corrected chi connectivity index (χ2v) is 3.48. The molecule has 0 unspecified atom stereocenters. The third-order valence-corrected chi connectivity index (χ3v) is 2.42. The zero-order chi connectivity index (χ0) is 12.4. The van der Waals surface area contributed by atoms with Crippen LogP contribution in [0.4, 0.5) is 15.8 Å². The van der Waals surface area contributed by atoms with Gasteiger partial charge < -0.3 is 5.73 Å². The number of hydrogen-bond acceptors (Lipinski definition) is 3. The number of rotatable bonds is 2. The zero-order valence-corrected chi connectivity index (χ0v) is 8.76. The summed E-state index contributed by atoms with van der Waals surface area (Å²) in [6, 6.07) is 10.2. The van der Waals surface area contributed by atoms with Gasteiger partial charge in [0.15, 0.2) is 0 Å². The lowest BCUT2D eigenvalue weighted by Crippen LogP contribution is -1.97. The van der Waals surface area contributed by atoms with E-state index in [1.54, 1.807) is 24.3 Å². The molecule has 0 radical (unpaired) electrons. The SMILES string of the molecule is Nc1ccccc1-c1c(F)cccc1[N+](=O)[O-]. The summed E-state index contributed by atoms with van der Waals surface area (Å²) in [5.41, 5.74) is 5.98. The summed E-state index contributed by atoms with van der Waals surface area (Å²) in [7, 11) is 0. The largest absolute Gasteiger partial charge is 0.398 e. The summed E-state index contributed by atoms with van der Waals surface area (Å²) < 4.78 is 13.7. The van der Waals surface area contributed by atoms with E-state index >= 15 is 0 Å². The van der Waals surface area contributed by atoms with Gasteiger partial charge in [0.25, 0.3) is 5.69 Å². The molecule has 2 rings (SSSR count). The Balaban J connectivity index is 2.75. The maximum absolute atomic E-state index is 13.7. The van der Waals surface area contributed by atoms with Gasteiger partial charge >= 0.3 is 0 Å². The van der Waals surface area contributed by atoms with Crippen molar-refractivity contribution < 1.29 is 9.31 Å². The minimum Gasteiger partial charge on any atom is -0.398 e. The number of nitro groups is 1. The van der Waals surface area contributed by atoms with Gasteiger partial charge in [-0.05, 0) is 12.1 Å². The average molecular weight is 232 g/mol. The molecule has 2 N–H and O–H groups in total. The zero-order valence-electron chi connectivity index (χ0n) is 8.76. The first-order chi connectivity index (χ1) is 8.11. The van der Waals surface area contributed by atoms with Crippen molar-refractivity contribution in [3.05, 3.63) is 58.4 Å². The lowest BCUT2D eigenvalue weighted by molar-refractivity contribution is -0.384. The minimum atomic E-state index is -0.655. The smallest absolute Gasteiger partial charge is 0.280 e. The molecular formula is C12H9FN2O2. The monoisotopic (exact) mass is 232 g/mol. The number of benzene rings is 2. The van der Waals surface area contributed by atoms with Crippen LogP contribution in [0.3, 0.4) is 0 Å². The molecule has 0 bridgehead atoms. The van der Waals surface area contributed by atoms with Crippen LogP contribution in [-0.2, 0) is 0 Å². The summed E-state index contributed by atoms with van der Waals surface area (Å²) in [6.45, 7) is 0. The summed E-state index contributed by atoms with van der Waals surface area (Å²) >= 11 is 0. The lowest BCUT2D eigenvalue weighted by atomic mass is 10.0. The van der Waals surface area contributed by atoms with Gasteiger partial charge in [-0.1, -0.05) is 24.3 Å². The predicted octanol–water partition coefficient (Wildman–Crippen LogP) is 2.98. The normalized spacial score (nSPS) is 10.2. The van der Waals surface area contributed by atoms with Gasteiger partial charge in [-0.3, -0.25) is 10.1 Å². The van der Waals surface area contributed by atoms with E-state index < -0.39 is 10.7 Å². The average Bonchev–Trinajstić information content (AvgIpc) is 2.30. The number of nitrogen functional groups attached to an aromatic ring is 1. The van der Waals surface area contributed by atoms with Crippen LogP contribution in [0, 0.1) is 15.9 Å². The maximum Gasteiger partial charge on any atom is 0.280 e. The van der Waals surface area contributed by atoms with Crippen LogP contribution in [0.5, 0.6) is 0 Å². The Morgan fingerprint density at radius 2 is 1.82 bits per heavy atom. The molecule has 0 aliphatic heterocycles. The fraction of sp³-hybridized carbons (Fsp3) is 0. The van der Waals surface area contributed by atoms with E-state index in [0.29, 0.717) is 11.3 Å². The Bertz CT molecular complexity index is 584. The van der Waals surface area contributed by atoms with E-state index in [9.17, 15) is 14.5 Å². The van der Waals surface area contributed by atoms with Gasteiger partial charge in [-0.15, -0.1) is 0 Å². The van der Waals surface area contributed by atoms with E-state index in [1.165, 1.54) is 18.2 Å². The molecule has 0 saturated heterocycles. The van der Waals surface area contributed by atoms with Gasteiger partial charge in [0.2, 0.25) is 0 Å². The van der Waals surface area contributed by atoms with E-state index in [0.717, 1.165) is 0 Å². The molecule has 0 aliphatic rings. The number of nitro benzene ring substituents is 1. The standard InChI is InChI=1S/C12H9FN2O2/c13-9-5-3-7-11(15(16)17)12(9)8-4-1-2-6-10(8)14/h1-7H,14H2. The molecule has 0 amide bonds. The molecule has 5 heteroatoms. The Kier molecular flexibility index (Phi) is 2.74. The Hall–Kier alpha value is -2.43. The summed E-state index contributed by atoms with van der Waals surface area (Å²) in [5, 5.41) is 10.9. The van der Waals surface area contributed by atoms with Gasteiger partial charge in [-0.2, -0.15) is 0 Å². The second kappa shape index (κ2) is 4.21. The molecule has 2 aromatic rings. The highest BCUT2D eigenvalue weighted by atomic mass is 19.1. The van der Waals surface area contributed by atoms with Gasteiger partial charge in [0.1, 0.15) is 5.82 Å². The van der Waals surface area contributed by atoms with Gasteiger partial charge in [0.05, 0.1) is 10.5 Å². The highest BCUT2D eigenvalue weighted by molar-refractivity contribution is 5.82. The fourth-order valence-electron chi connectivity index (χ4n) is 1.66. The molecule has 17 heavy (non-hydrogen) atoms. The number of nitrogens with two attached hydrogens (primary N) is 1. The summed E-state index contributed by atoms with van der Waals surface area (Å²) in [4.78, 5) is 10.2. The molecule has 0 fully saturated rings. The maximum atomic E-state index is 13.7. The summed E-state index contributed by atoms with van der Waals surface area (Å²) in [6.07, 6.45) is 0. The quantitative estimate of drug-likeness (QED) is 0.491. The molecule has 2 aromatic carbocycles. The Labute approximate surface area is 96.6 Å². The molecular weight excluding hydrogens is 223 g/mol. The highest BCUT2D eigenvalue weighted by Gasteiger charge is 2.20. The third-order valence-electron chi connectivity index (χ3n) is 2.42. The second-order valence-electron chi connectivity index (χ2n) is 3.48. The first-order valence-electron chi connectivity index (χ1n) is 4.89. The van der Waals surface area contributed by atoms with E-state index in [1.807, 2.05) is 0 Å². The number of hydrogen-bond donors (Lipinski definition) is 1. The molecule has 0 heterocycles. The van der Waals surface area contributed by atoms with Crippen LogP contribution in [0.2, 0.25) is 0 Å². The Morgan fingerprint density at radius 3 is 2.47 bits per heavy atom. The number of halogens is 1. The lowest BCUT2D eigenvalue weighted by Gasteiger charge is -2.07. The molecule has 4 nitrogen and oxygen atoms in total. The third kappa shape index (κ3) is 1.94. The van der Waals surface area contributed by atoms with Crippen LogP contribution in [-0.4, -0.2) is 4.92 Å². The molecule has 0 atom stereocenters. The number of anilines is 1. The molecule has 0 aliphatic carbocycles. The minimum absolute atomic E-state index is 0.0735. The van der Waals surface area contributed by atoms with Crippen molar-refractivity contribution in [1.29, 1.82) is 0 Å².